The van der Waals surface area contributed by atoms with Gasteiger partial charge in [0.2, 0.25) is 15.0 Å². The van der Waals surface area contributed by atoms with E-state index in [1.165, 1.54) is 4.57 Å². The molecular formula is C17H21N3O4S. The monoisotopic (exact) mass is 363 g/mol. The molecule has 7 nitrogen and oxygen atoms in total. The van der Waals surface area contributed by atoms with Crippen LogP contribution in [0.3, 0.4) is 0 Å². The molecule has 25 heavy (non-hydrogen) atoms. The first-order chi connectivity index (χ1) is 11.8. The number of imidazole rings is 1. The van der Waals surface area contributed by atoms with E-state index in [0.29, 0.717) is 23.6 Å². The van der Waals surface area contributed by atoms with E-state index in [1.54, 1.807) is 31.4 Å². The van der Waals surface area contributed by atoms with Crippen molar-refractivity contribution in [1.29, 1.82) is 0 Å². The molecule has 1 aliphatic rings. The number of sulfone groups is 1. The van der Waals surface area contributed by atoms with Crippen LogP contribution in [-0.2, 0) is 16.4 Å². The fourth-order valence-electron chi connectivity index (χ4n) is 2.76. The molecular weight excluding hydrogens is 342 g/mol. The summed E-state index contributed by atoms with van der Waals surface area (Å²) in [7, 11) is -1.91. The first-order valence-corrected chi connectivity index (χ1v) is 9.74. The number of aromatic nitrogens is 2. The molecule has 1 aliphatic heterocycles. The first-order valence-electron chi connectivity index (χ1n) is 8.09. The van der Waals surface area contributed by atoms with Crippen molar-refractivity contribution in [2.75, 3.05) is 19.4 Å². The second-order valence-corrected chi connectivity index (χ2v) is 8.40. The molecule has 1 aromatic carbocycles. The van der Waals surface area contributed by atoms with Gasteiger partial charge in [0.1, 0.15) is 17.1 Å². The standard InChI is InChI=1S/C17H21N3O4S/c1-11(2)10-18-16(21)15-14(12-5-4-6-13(9-12)24-3)19-17-20(15)7-8-25(17,22)23/h4-6,9,11H,7-8,10H2,1-3H3,(H,18,21). The number of ether oxygens (including phenoxy) is 1. The number of nitrogens with zero attached hydrogens (tertiary/aromatic N) is 2. The van der Waals surface area contributed by atoms with Crippen LogP contribution >= 0.6 is 0 Å². The summed E-state index contributed by atoms with van der Waals surface area (Å²) >= 11 is 0. The molecule has 0 atom stereocenters. The van der Waals surface area contributed by atoms with E-state index in [0.717, 1.165) is 0 Å². The van der Waals surface area contributed by atoms with Crippen LogP contribution in [0.4, 0.5) is 0 Å². The van der Waals surface area contributed by atoms with Gasteiger partial charge in [-0.3, -0.25) is 4.79 Å². The smallest absolute Gasteiger partial charge is 0.270 e. The summed E-state index contributed by atoms with van der Waals surface area (Å²) in [4.78, 5) is 17.0. The quantitative estimate of drug-likeness (QED) is 0.874. The van der Waals surface area contributed by atoms with Gasteiger partial charge in [0, 0.05) is 18.7 Å². The minimum Gasteiger partial charge on any atom is -0.497 e. The average Bonchev–Trinajstić information content (AvgIpc) is 3.10. The zero-order valence-electron chi connectivity index (χ0n) is 14.4. The van der Waals surface area contributed by atoms with Gasteiger partial charge in [-0.05, 0) is 18.1 Å². The number of nitrogens with one attached hydrogen (secondary N) is 1. The van der Waals surface area contributed by atoms with Gasteiger partial charge in [0.05, 0.1) is 12.9 Å². The Balaban J connectivity index is 2.13. The van der Waals surface area contributed by atoms with Gasteiger partial charge in [-0.1, -0.05) is 26.0 Å². The number of carbonyl (C=O) groups is 1. The molecule has 0 spiro atoms. The Morgan fingerprint density at radius 3 is 2.84 bits per heavy atom. The van der Waals surface area contributed by atoms with Gasteiger partial charge in [-0.15, -0.1) is 0 Å². The lowest BCUT2D eigenvalue weighted by Gasteiger charge is -2.11. The van der Waals surface area contributed by atoms with Crippen LogP contribution in [0.15, 0.2) is 29.4 Å². The van der Waals surface area contributed by atoms with Crippen LogP contribution in [-0.4, -0.2) is 43.3 Å². The summed E-state index contributed by atoms with van der Waals surface area (Å²) in [6, 6.07) is 7.09. The number of hydrogen-bond donors (Lipinski definition) is 1. The third-order valence-electron chi connectivity index (χ3n) is 4.02. The summed E-state index contributed by atoms with van der Waals surface area (Å²) in [5.41, 5.74) is 1.29. The normalized spacial score (nSPS) is 15.2. The van der Waals surface area contributed by atoms with Crippen molar-refractivity contribution in [3.63, 3.8) is 0 Å². The summed E-state index contributed by atoms with van der Waals surface area (Å²) in [6.07, 6.45) is 0. The van der Waals surface area contributed by atoms with E-state index in [9.17, 15) is 13.2 Å². The lowest BCUT2D eigenvalue weighted by atomic mass is 10.1. The Morgan fingerprint density at radius 2 is 2.16 bits per heavy atom. The molecule has 2 heterocycles. The van der Waals surface area contributed by atoms with Crippen LogP contribution in [0, 0.1) is 5.92 Å². The zero-order chi connectivity index (χ0) is 18.2. The van der Waals surface area contributed by atoms with Crippen LogP contribution in [0.25, 0.3) is 11.3 Å². The molecule has 2 aromatic rings. The van der Waals surface area contributed by atoms with Gasteiger partial charge in [-0.2, -0.15) is 0 Å². The highest BCUT2D eigenvalue weighted by Gasteiger charge is 2.35. The molecule has 134 valence electrons. The summed E-state index contributed by atoms with van der Waals surface area (Å²) in [5.74, 6) is 0.552. The number of hydrogen-bond acceptors (Lipinski definition) is 5. The Morgan fingerprint density at radius 1 is 1.40 bits per heavy atom. The van der Waals surface area contributed by atoms with Crippen molar-refractivity contribution in [2.24, 2.45) is 5.92 Å². The fourth-order valence-corrected chi connectivity index (χ4v) is 4.12. The van der Waals surface area contributed by atoms with Crippen molar-refractivity contribution in [3.05, 3.63) is 30.0 Å². The van der Waals surface area contributed by atoms with Crippen LogP contribution in [0.2, 0.25) is 0 Å². The van der Waals surface area contributed by atoms with E-state index in [1.807, 2.05) is 13.8 Å². The predicted molar refractivity (Wildman–Crippen MR) is 93.4 cm³/mol. The zero-order valence-corrected chi connectivity index (χ0v) is 15.3. The summed E-state index contributed by atoms with van der Waals surface area (Å²) in [5, 5.41) is 2.81. The van der Waals surface area contributed by atoms with Crippen LogP contribution in [0.1, 0.15) is 24.3 Å². The third kappa shape index (κ3) is 3.26. The number of fused-ring (bicyclic) bond motifs is 1. The second-order valence-electron chi connectivity index (χ2n) is 6.40. The van der Waals surface area contributed by atoms with E-state index >= 15 is 0 Å². The Labute approximate surface area is 146 Å². The Bertz CT molecular complexity index is 916. The SMILES string of the molecule is COc1cccc(-c2nc3n(c2C(=O)NCC(C)C)CCS3(=O)=O)c1. The second kappa shape index (κ2) is 6.51. The van der Waals surface area contributed by atoms with Crippen molar-refractivity contribution in [2.45, 2.75) is 25.5 Å². The molecule has 0 fully saturated rings. The van der Waals surface area contributed by atoms with E-state index in [2.05, 4.69) is 10.3 Å². The number of rotatable bonds is 5. The third-order valence-corrected chi connectivity index (χ3v) is 5.61. The van der Waals surface area contributed by atoms with Crippen molar-refractivity contribution in [1.82, 2.24) is 14.9 Å². The molecule has 8 heteroatoms. The maximum absolute atomic E-state index is 12.7. The summed E-state index contributed by atoms with van der Waals surface area (Å²) < 4.78 is 31.2. The van der Waals surface area contributed by atoms with Gasteiger partial charge in [-0.25, -0.2) is 13.4 Å². The fraction of sp³-hybridized carbons (Fsp3) is 0.412. The lowest BCUT2D eigenvalue weighted by molar-refractivity contribution is 0.0940. The van der Waals surface area contributed by atoms with E-state index < -0.39 is 9.84 Å². The lowest BCUT2D eigenvalue weighted by Crippen LogP contribution is -2.29. The average molecular weight is 363 g/mol. The van der Waals surface area contributed by atoms with Gasteiger partial charge >= 0.3 is 0 Å². The van der Waals surface area contributed by atoms with Gasteiger partial charge in [0.25, 0.3) is 5.91 Å². The molecule has 1 N–H and O–H groups in total. The van der Waals surface area contributed by atoms with Gasteiger partial charge in [0.15, 0.2) is 0 Å². The van der Waals surface area contributed by atoms with E-state index in [-0.39, 0.29) is 35.0 Å². The highest BCUT2D eigenvalue weighted by atomic mass is 32.2. The van der Waals surface area contributed by atoms with Gasteiger partial charge < -0.3 is 14.6 Å². The minimum absolute atomic E-state index is 0.0296. The summed E-state index contributed by atoms with van der Waals surface area (Å²) in [6.45, 7) is 4.73. The molecule has 0 saturated heterocycles. The van der Waals surface area contributed by atoms with E-state index in [4.69, 9.17) is 4.74 Å². The Hall–Kier alpha value is -2.35. The van der Waals surface area contributed by atoms with Crippen molar-refractivity contribution in [3.8, 4) is 17.0 Å². The Kier molecular flexibility index (Phi) is 4.55. The topological polar surface area (TPSA) is 90.3 Å². The number of benzene rings is 1. The maximum Gasteiger partial charge on any atom is 0.270 e. The minimum atomic E-state index is -3.46. The molecule has 0 radical (unpaired) electrons. The molecule has 1 aromatic heterocycles. The molecule has 3 rings (SSSR count). The van der Waals surface area contributed by atoms with Crippen LogP contribution < -0.4 is 10.1 Å². The molecule has 0 unspecified atom stereocenters. The molecule has 0 aliphatic carbocycles. The highest BCUT2D eigenvalue weighted by Crippen LogP contribution is 2.31. The number of amides is 1. The highest BCUT2D eigenvalue weighted by molar-refractivity contribution is 7.91. The number of methoxy groups -OCH3 is 1. The molecule has 0 saturated carbocycles. The molecule has 0 bridgehead atoms. The van der Waals surface area contributed by atoms with Crippen LogP contribution in [0.5, 0.6) is 5.75 Å². The van der Waals surface area contributed by atoms with Crippen molar-refractivity contribution < 1.29 is 17.9 Å². The number of carbonyl (C=O) groups excluding carboxylic acids is 1. The predicted octanol–water partition coefficient (Wildman–Crippen LogP) is 1.73. The maximum atomic E-state index is 12.7. The molecule has 1 amide bonds. The van der Waals surface area contributed by atoms with Crippen molar-refractivity contribution >= 4 is 15.7 Å². The first kappa shape index (κ1) is 17.5. The largest absolute Gasteiger partial charge is 0.497 e.